The second-order valence-corrected chi connectivity index (χ2v) is 4.52. The lowest BCUT2D eigenvalue weighted by Gasteiger charge is -2.14. The Balaban J connectivity index is 2.14. The standard InChI is InChI=1S/C14H15ClN2O/c1-10(16)13-8-11(15)5-6-14(13)18-9-12-4-2-3-7-17-12/h2-8,10H,9,16H2,1H3/t10-/m1/s1. The lowest BCUT2D eigenvalue weighted by atomic mass is 10.1. The molecule has 0 saturated heterocycles. The summed E-state index contributed by atoms with van der Waals surface area (Å²) in [6.07, 6.45) is 1.74. The van der Waals surface area contributed by atoms with Crippen molar-refractivity contribution in [3.05, 3.63) is 58.9 Å². The fourth-order valence-corrected chi connectivity index (χ4v) is 1.82. The van der Waals surface area contributed by atoms with E-state index in [1.165, 1.54) is 0 Å². The third-order valence-corrected chi connectivity index (χ3v) is 2.80. The molecule has 4 heteroatoms. The third-order valence-electron chi connectivity index (χ3n) is 2.56. The Morgan fingerprint density at radius 3 is 2.83 bits per heavy atom. The zero-order valence-electron chi connectivity index (χ0n) is 10.1. The minimum atomic E-state index is -0.123. The molecule has 1 atom stereocenters. The van der Waals surface area contributed by atoms with Crippen molar-refractivity contribution in [2.24, 2.45) is 5.73 Å². The average Bonchev–Trinajstić information content (AvgIpc) is 2.38. The lowest BCUT2D eigenvalue weighted by molar-refractivity contribution is 0.297. The highest BCUT2D eigenvalue weighted by molar-refractivity contribution is 6.30. The van der Waals surface area contributed by atoms with Crippen LogP contribution < -0.4 is 10.5 Å². The molecule has 1 heterocycles. The topological polar surface area (TPSA) is 48.1 Å². The van der Waals surface area contributed by atoms with Crippen molar-refractivity contribution in [2.45, 2.75) is 19.6 Å². The van der Waals surface area contributed by atoms with Crippen LogP contribution in [-0.2, 0) is 6.61 Å². The van der Waals surface area contributed by atoms with Crippen molar-refractivity contribution in [3.8, 4) is 5.75 Å². The van der Waals surface area contributed by atoms with Gasteiger partial charge in [-0.05, 0) is 37.3 Å². The molecule has 0 fully saturated rings. The number of nitrogens with zero attached hydrogens (tertiary/aromatic N) is 1. The SMILES string of the molecule is C[C@@H](N)c1cc(Cl)ccc1OCc1ccccn1. The fraction of sp³-hybridized carbons (Fsp3) is 0.214. The van der Waals surface area contributed by atoms with Crippen molar-refractivity contribution >= 4 is 11.6 Å². The second kappa shape index (κ2) is 5.85. The number of benzene rings is 1. The maximum Gasteiger partial charge on any atom is 0.130 e. The van der Waals surface area contributed by atoms with Gasteiger partial charge in [0.15, 0.2) is 0 Å². The van der Waals surface area contributed by atoms with Crippen LogP contribution >= 0.6 is 11.6 Å². The first-order valence-electron chi connectivity index (χ1n) is 5.74. The molecule has 2 aromatic rings. The second-order valence-electron chi connectivity index (χ2n) is 4.08. The van der Waals surface area contributed by atoms with Crippen LogP contribution in [0.2, 0.25) is 5.02 Å². The maximum atomic E-state index is 5.95. The molecule has 1 aromatic heterocycles. The highest BCUT2D eigenvalue weighted by Gasteiger charge is 2.09. The Hall–Kier alpha value is -1.58. The van der Waals surface area contributed by atoms with Gasteiger partial charge in [0.25, 0.3) is 0 Å². The molecule has 3 nitrogen and oxygen atoms in total. The van der Waals surface area contributed by atoms with Crippen molar-refractivity contribution in [2.75, 3.05) is 0 Å². The number of rotatable bonds is 4. The minimum absolute atomic E-state index is 0.123. The smallest absolute Gasteiger partial charge is 0.130 e. The Morgan fingerprint density at radius 2 is 2.17 bits per heavy atom. The Kier molecular flexibility index (Phi) is 4.18. The summed E-state index contributed by atoms with van der Waals surface area (Å²) in [5, 5.41) is 0.660. The number of aromatic nitrogens is 1. The van der Waals surface area contributed by atoms with E-state index in [-0.39, 0.29) is 6.04 Å². The zero-order valence-corrected chi connectivity index (χ0v) is 10.9. The van der Waals surface area contributed by atoms with E-state index in [2.05, 4.69) is 4.98 Å². The summed E-state index contributed by atoms with van der Waals surface area (Å²) < 4.78 is 5.74. The maximum absolute atomic E-state index is 5.95. The van der Waals surface area contributed by atoms with Gasteiger partial charge in [-0.15, -0.1) is 0 Å². The number of nitrogens with two attached hydrogens (primary N) is 1. The van der Waals surface area contributed by atoms with Crippen LogP contribution in [0.15, 0.2) is 42.6 Å². The van der Waals surface area contributed by atoms with Gasteiger partial charge in [-0.3, -0.25) is 4.98 Å². The molecule has 0 bridgehead atoms. The van der Waals surface area contributed by atoms with Gasteiger partial charge in [-0.25, -0.2) is 0 Å². The summed E-state index contributed by atoms with van der Waals surface area (Å²) >= 11 is 5.95. The minimum Gasteiger partial charge on any atom is -0.487 e. The van der Waals surface area contributed by atoms with Gasteiger partial charge in [0.2, 0.25) is 0 Å². The van der Waals surface area contributed by atoms with E-state index < -0.39 is 0 Å². The molecule has 0 aliphatic heterocycles. The number of hydrogen-bond donors (Lipinski definition) is 1. The van der Waals surface area contributed by atoms with Gasteiger partial charge in [0.1, 0.15) is 12.4 Å². The van der Waals surface area contributed by atoms with E-state index >= 15 is 0 Å². The average molecular weight is 263 g/mol. The Bertz CT molecular complexity index is 514. The molecule has 0 spiro atoms. The number of ether oxygens (including phenoxy) is 1. The Labute approximate surface area is 112 Å². The molecule has 0 aliphatic rings. The van der Waals surface area contributed by atoms with Crippen molar-refractivity contribution < 1.29 is 4.74 Å². The van der Waals surface area contributed by atoms with E-state index in [1.807, 2.05) is 37.3 Å². The summed E-state index contributed by atoms with van der Waals surface area (Å²) in [5.41, 5.74) is 7.68. The molecule has 2 rings (SSSR count). The zero-order chi connectivity index (χ0) is 13.0. The number of halogens is 1. The van der Waals surface area contributed by atoms with Gasteiger partial charge in [0.05, 0.1) is 5.69 Å². The predicted molar refractivity (Wildman–Crippen MR) is 72.6 cm³/mol. The largest absolute Gasteiger partial charge is 0.487 e. The first kappa shape index (κ1) is 12.9. The van der Waals surface area contributed by atoms with Crippen LogP contribution in [0.1, 0.15) is 24.2 Å². The monoisotopic (exact) mass is 262 g/mol. The first-order chi connectivity index (χ1) is 8.66. The van der Waals surface area contributed by atoms with Gasteiger partial charge in [0, 0.05) is 22.8 Å². The molecular formula is C14H15ClN2O. The van der Waals surface area contributed by atoms with Crippen molar-refractivity contribution in [3.63, 3.8) is 0 Å². The highest BCUT2D eigenvalue weighted by atomic mass is 35.5. The van der Waals surface area contributed by atoms with E-state index in [0.717, 1.165) is 17.0 Å². The number of hydrogen-bond acceptors (Lipinski definition) is 3. The molecule has 0 aliphatic carbocycles. The molecule has 0 saturated carbocycles. The summed E-state index contributed by atoms with van der Waals surface area (Å²) in [4.78, 5) is 4.20. The van der Waals surface area contributed by atoms with Crippen molar-refractivity contribution in [1.29, 1.82) is 0 Å². The lowest BCUT2D eigenvalue weighted by Crippen LogP contribution is -2.08. The molecule has 18 heavy (non-hydrogen) atoms. The highest BCUT2D eigenvalue weighted by Crippen LogP contribution is 2.27. The van der Waals surface area contributed by atoms with Crippen LogP contribution in [0, 0.1) is 0 Å². The van der Waals surface area contributed by atoms with Gasteiger partial charge < -0.3 is 10.5 Å². The van der Waals surface area contributed by atoms with E-state index in [9.17, 15) is 0 Å². The van der Waals surface area contributed by atoms with E-state index in [4.69, 9.17) is 22.1 Å². The molecule has 1 aromatic carbocycles. The van der Waals surface area contributed by atoms with Crippen molar-refractivity contribution in [1.82, 2.24) is 4.98 Å². The molecular weight excluding hydrogens is 248 g/mol. The summed E-state index contributed by atoms with van der Waals surface area (Å²) in [6.45, 7) is 2.32. The Morgan fingerprint density at radius 1 is 1.33 bits per heavy atom. The fourth-order valence-electron chi connectivity index (χ4n) is 1.64. The normalized spacial score (nSPS) is 12.2. The quantitative estimate of drug-likeness (QED) is 0.919. The van der Waals surface area contributed by atoms with E-state index in [0.29, 0.717) is 11.6 Å². The van der Waals surface area contributed by atoms with Crippen LogP contribution in [0.4, 0.5) is 0 Å². The summed E-state index contributed by atoms with van der Waals surface area (Å²) in [5.74, 6) is 0.750. The van der Waals surface area contributed by atoms with Gasteiger partial charge in [-0.2, -0.15) is 0 Å². The molecule has 0 unspecified atom stereocenters. The van der Waals surface area contributed by atoms with Crippen LogP contribution in [0.5, 0.6) is 5.75 Å². The van der Waals surface area contributed by atoms with Gasteiger partial charge in [-0.1, -0.05) is 17.7 Å². The third kappa shape index (κ3) is 3.22. The number of pyridine rings is 1. The predicted octanol–water partition coefficient (Wildman–Crippen LogP) is 3.33. The first-order valence-corrected chi connectivity index (χ1v) is 6.12. The van der Waals surface area contributed by atoms with Gasteiger partial charge >= 0.3 is 0 Å². The molecule has 0 radical (unpaired) electrons. The van der Waals surface area contributed by atoms with Crippen LogP contribution in [-0.4, -0.2) is 4.98 Å². The van der Waals surface area contributed by atoms with Crippen LogP contribution in [0.25, 0.3) is 0 Å². The summed E-state index contributed by atoms with van der Waals surface area (Å²) in [6, 6.07) is 11.1. The van der Waals surface area contributed by atoms with E-state index in [1.54, 1.807) is 12.3 Å². The molecule has 2 N–H and O–H groups in total. The molecule has 94 valence electrons. The summed E-state index contributed by atoms with van der Waals surface area (Å²) in [7, 11) is 0. The van der Waals surface area contributed by atoms with Crippen LogP contribution in [0.3, 0.4) is 0 Å². The molecule has 0 amide bonds.